The van der Waals surface area contributed by atoms with Crippen molar-refractivity contribution in [3.8, 4) is 17.0 Å². The van der Waals surface area contributed by atoms with Crippen molar-refractivity contribution in [3.63, 3.8) is 0 Å². The number of halogens is 2. The lowest BCUT2D eigenvalue weighted by molar-refractivity contribution is -0.0494. The summed E-state index contributed by atoms with van der Waals surface area (Å²) in [7, 11) is 0. The minimum atomic E-state index is -2.94. The van der Waals surface area contributed by atoms with Crippen LogP contribution < -0.4 is 10.5 Å². The SMILES string of the molecule is CC1CC[C@H]2[C@@H](c3cc(-c4cnc(N)c(OC(F)F)c4)nn3C(C)C)[C@@H]12. The van der Waals surface area contributed by atoms with Crippen molar-refractivity contribution < 1.29 is 13.5 Å². The predicted molar refractivity (Wildman–Crippen MR) is 95.0 cm³/mol. The molecule has 7 heteroatoms. The van der Waals surface area contributed by atoms with Gasteiger partial charge in [-0.05, 0) is 50.2 Å². The molecule has 0 saturated heterocycles. The lowest BCUT2D eigenvalue weighted by Gasteiger charge is -2.13. The maximum atomic E-state index is 12.6. The monoisotopic (exact) mass is 362 g/mol. The van der Waals surface area contributed by atoms with E-state index in [0.29, 0.717) is 11.5 Å². The molecule has 2 aromatic rings. The highest BCUT2D eigenvalue weighted by atomic mass is 19.3. The van der Waals surface area contributed by atoms with E-state index in [-0.39, 0.29) is 17.6 Å². The molecule has 2 heterocycles. The second-order valence-corrected chi connectivity index (χ2v) is 7.80. The van der Waals surface area contributed by atoms with Gasteiger partial charge in [0.15, 0.2) is 11.6 Å². The molecule has 2 N–H and O–H groups in total. The molecule has 0 spiro atoms. The number of nitrogen functional groups attached to an aromatic ring is 1. The maximum Gasteiger partial charge on any atom is 0.387 e. The van der Waals surface area contributed by atoms with Crippen LogP contribution in [0.15, 0.2) is 18.3 Å². The molecule has 140 valence electrons. The van der Waals surface area contributed by atoms with Crippen LogP contribution in [0.5, 0.6) is 5.75 Å². The Hall–Kier alpha value is -2.18. The summed E-state index contributed by atoms with van der Waals surface area (Å²) in [6.45, 7) is 3.60. The van der Waals surface area contributed by atoms with Gasteiger partial charge in [-0.2, -0.15) is 13.9 Å². The predicted octanol–water partition coefficient (Wildman–Crippen LogP) is 4.47. The van der Waals surface area contributed by atoms with Crippen molar-refractivity contribution in [1.82, 2.24) is 14.8 Å². The number of hydrogen-bond donors (Lipinski definition) is 1. The van der Waals surface area contributed by atoms with Gasteiger partial charge in [-0.3, -0.25) is 4.68 Å². The molecule has 2 aliphatic carbocycles. The van der Waals surface area contributed by atoms with Gasteiger partial charge in [0.2, 0.25) is 0 Å². The number of ether oxygens (including phenoxy) is 1. The first-order valence-corrected chi connectivity index (χ1v) is 9.17. The Morgan fingerprint density at radius 3 is 2.65 bits per heavy atom. The van der Waals surface area contributed by atoms with E-state index >= 15 is 0 Å². The first-order chi connectivity index (χ1) is 12.4. The zero-order valence-electron chi connectivity index (χ0n) is 15.2. The van der Waals surface area contributed by atoms with Crippen molar-refractivity contribution >= 4 is 5.82 Å². The van der Waals surface area contributed by atoms with Gasteiger partial charge in [0.25, 0.3) is 0 Å². The molecular formula is C19H24F2N4O. The number of anilines is 1. The molecule has 0 radical (unpaired) electrons. The molecule has 4 rings (SSSR count). The average molecular weight is 362 g/mol. The number of rotatable bonds is 5. The Labute approximate surface area is 151 Å². The van der Waals surface area contributed by atoms with E-state index in [1.165, 1.54) is 24.6 Å². The third-order valence-corrected chi connectivity index (χ3v) is 5.83. The molecule has 2 aliphatic rings. The summed E-state index contributed by atoms with van der Waals surface area (Å²) in [5.74, 6) is 2.65. The molecule has 4 atom stereocenters. The third kappa shape index (κ3) is 2.83. The van der Waals surface area contributed by atoms with Gasteiger partial charge in [-0.1, -0.05) is 13.3 Å². The van der Waals surface area contributed by atoms with Crippen molar-refractivity contribution in [2.45, 2.75) is 52.2 Å². The summed E-state index contributed by atoms with van der Waals surface area (Å²) in [6.07, 6.45) is 4.15. The summed E-state index contributed by atoms with van der Waals surface area (Å²) in [6, 6.07) is 3.80. The van der Waals surface area contributed by atoms with Crippen molar-refractivity contribution in [1.29, 1.82) is 0 Å². The van der Waals surface area contributed by atoms with Crippen molar-refractivity contribution in [2.24, 2.45) is 17.8 Å². The Morgan fingerprint density at radius 2 is 2.04 bits per heavy atom. The Morgan fingerprint density at radius 1 is 1.27 bits per heavy atom. The van der Waals surface area contributed by atoms with E-state index in [2.05, 4.69) is 41.2 Å². The van der Waals surface area contributed by atoms with Crippen LogP contribution in [0.3, 0.4) is 0 Å². The number of nitrogens with two attached hydrogens (primary N) is 1. The minimum absolute atomic E-state index is 0.0527. The number of nitrogens with zero attached hydrogens (tertiary/aromatic N) is 3. The van der Waals surface area contributed by atoms with Crippen LogP contribution >= 0.6 is 0 Å². The van der Waals surface area contributed by atoms with Crippen LogP contribution in [0, 0.1) is 17.8 Å². The summed E-state index contributed by atoms with van der Waals surface area (Å²) in [4.78, 5) is 3.99. The lowest BCUT2D eigenvalue weighted by atomic mass is 10.00. The zero-order valence-corrected chi connectivity index (χ0v) is 15.2. The number of aromatic nitrogens is 3. The second-order valence-electron chi connectivity index (χ2n) is 7.80. The topological polar surface area (TPSA) is 66.0 Å². The van der Waals surface area contributed by atoms with E-state index in [1.54, 1.807) is 6.20 Å². The highest BCUT2D eigenvalue weighted by molar-refractivity contribution is 5.64. The first kappa shape index (κ1) is 17.2. The molecule has 2 aromatic heterocycles. The quantitative estimate of drug-likeness (QED) is 0.852. The van der Waals surface area contributed by atoms with Gasteiger partial charge in [0.1, 0.15) is 0 Å². The third-order valence-electron chi connectivity index (χ3n) is 5.83. The van der Waals surface area contributed by atoms with Gasteiger partial charge in [-0.25, -0.2) is 4.98 Å². The van der Waals surface area contributed by atoms with Crippen LogP contribution in [0.1, 0.15) is 51.3 Å². The number of alkyl halides is 2. The fourth-order valence-corrected chi connectivity index (χ4v) is 4.61. The number of hydrogen-bond acceptors (Lipinski definition) is 4. The molecule has 5 nitrogen and oxygen atoms in total. The molecular weight excluding hydrogens is 338 g/mol. The fourth-order valence-electron chi connectivity index (χ4n) is 4.61. The van der Waals surface area contributed by atoms with Crippen molar-refractivity contribution in [2.75, 3.05) is 5.73 Å². The lowest BCUT2D eigenvalue weighted by Crippen LogP contribution is -2.09. The van der Waals surface area contributed by atoms with Gasteiger partial charge < -0.3 is 10.5 Å². The average Bonchev–Trinajstić information content (AvgIpc) is 2.92. The van der Waals surface area contributed by atoms with Gasteiger partial charge in [0, 0.05) is 29.4 Å². The van der Waals surface area contributed by atoms with E-state index in [4.69, 9.17) is 10.8 Å². The smallest absolute Gasteiger partial charge is 0.387 e. The Kier molecular flexibility index (Phi) is 4.12. The molecule has 0 amide bonds. The van der Waals surface area contributed by atoms with Gasteiger partial charge >= 0.3 is 6.61 Å². The number of pyridine rings is 1. The van der Waals surface area contributed by atoms with Crippen LogP contribution in [-0.2, 0) is 0 Å². The molecule has 26 heavy (non-hydrogen) atoms. The standard InChI is InChI=1S/C19H24F2N4O/c1-9(2)25-14(17-12-5-4-10(3)16(12)17)7-13(24-25)11-6-15(26-19(20)21)18(22)23-8-11/h6-10,12,16-17,19H,4-5H2,1-3H3,(H2,22,23)/t10?,12-,16+,17+/m1/s1. The first-order valence-electron chi connectivity index (χ1n) is 9.17. The highest BCUT2D eigenvalue weighted by Gasteiger charge is 2.58. The zero-order chi connectivity index (χ0) is 18.6. The molecule has 1 unspecified atom stereocenters. The Balaban J connectivity index is 1.69. The van der Waals surface area contributed by atoms with E-state index in [0.717, 1.165) is 23.4 Å². The highest BCUT2D eigenvalue weighted by Crippen LogP contribution is 2.65. The van der Waals surface area contributed by atoms with Crippen LogP contribution in [-0.4, -0.2) is 21.4 Å². The molecule has 0 aliphatic heterocycles. The second kappa shape index (κ2) is 6.21. The Bertz CT molecular complexity index is 820. The normalized spacial score (nSPS) is 27.2. The minimum Gasteiger partial charge on any atom is -0.431 e. The fraction of sp³-hybridized carbons (Fsp3) is 0.579. The van der Waals surface area contributed by atoms with E-state index in [1.807, 2.05) is 0 Å². The van der Waals surface area contributed by atoms with Crippen molar-refractivity contribution in [3.05, 3.63) is 24.0 Å². The van der Waals surface area contributed by atoms with E-state index in [9.17, 15) is 8.78 Å². The summed E-state index contributed by atoms with van der Waals surface area (Å²) in [5, 5.41) is 4.74. The summed E-state index contributed by atoms with van der Waals surface area (Å²) in [5.41, 5.74) is 8.23. The summed E-state index contributed by atoms with van der Waals surface area (Å²) < 4.78 is 31.7. The molecule has 2 saturated carbocycles. The van der Waals surface area contributed by atoms with Gasteiger partial charge in [-0.15, -0.1) is 0 Å². The number of fused-ring (bicyclic) bond motifs is 1. The van der Waals surface area contributed by atoms with Crippen LogP contribution in [0.2, 0.25) is 0 Å². The summed E-state index contributed by atoms with van der Waals surface area (Å²) >= 11 is 0. The molecule has 2 fully saturated rings. The maximum absolute atomic E-state index is 12.6. The van der Waals surface area contributed by atoms with Crippen LogP contribution in [0.4, 0.5) is 14.6 Å². The molecule has 0 bridgehead atoms. The molecule has 0 aromatic carbocycles. The van der Waals surface area contributed by atoms with E-state index < -0.39 is 6.61 Å². The van der Waals surface area contributed by atoms with Gasteiger partial charge in [0.05, 0.1) is 5.69 Å². The largest absolute Gasteiger partial charge is 0.431 e. The van der Waals surface area contributed by atoms with Crippen LogP contribution in [0.25, 0.3) is 11.3 Å².